The van der Waals surface area contributed by atoms with Gasteiger partial charge in [0.1, 0.15) is 11.9 Å². The minimum Gasteiger partial charge on any atom is -0.484 e. The van der Waals surface area contributed by atoms with Gasteiger partial charge in [-0.3, -0.25) is 0 Å². The second-order valence-corrected chi connectivity index (χ2v) is 6.14. The lowest BCUT2D eigenvalue weighted by molar-refractivity contribution is 0.169. The van der Waals surface area contributed by atoms with Crippen LogP contribution in [0.3, 0.4) is 0 Å². The lowest BCUT2D eigenvalue weighted by Gasteiger charge is -2.25. The molecule has 0 aliphatic rings. The minimum atomic E-state index is -0.0776. The molecule has 108 valence electrons. The number of rotatable bonds is 6. The van der Waals surface area contributed by atoms with Crippen molar-refractivity contribution in [1.82, 2.24) is 0 Å². The van der Waals surface area contributed by atoms with Crippen LogP contribution in [-0.4, -0.2) is 6.04 Å². The Morgan fingerprint density at radius 2 is 1.95 bits per heavy atom. The van der Waals surface area contributed by atoms with Gasteiger partial charge in [-0.25, -0.2) is 0 Å². The van der Waals surface area contributed by atoms with E-state index in [1.165, 1.54) is 11.1 Å². The van der Waals surface area contributed by atoms with Gasteiger partial charge in [0.15, 0.2) is 0 Å². The standard InChI is InChI=1S/C17H23NOS/c1-4-15(18)17(13-9-10-20-11-13)19-16-8-6-5-7-14(16)12(2)3/h5-12,15,17H,4,18H2,1-3H3. The molecule has 2 unspecified atom stereocenters. The quantitative estimate of drug-likeness (QED) is 0.834. The van der Waals surface area contributed by atoms with Gasteiger partial charge in [0.2, 0.25) is 0 Å². The number of nitrogens with two attached hydrogens (primary N) is 1. The van der Waals surface area contributed by atoms with Crippen LogP contribution < -0.4 is 10.5 Å². The van der Waals surface area contributed by atoms with Crippen molar-refractivity contribution in [2.75, 3.05) is 0 Å². The molecule has 0 spiro atoms. The molecule has 0 aliphatic heterocycles. The van der Waals surface area contributed by atoms with Crippen LogP contribution in [0, 0.1) is 0 Å². The molecule has 2 aromatic rings. The molecular weight excluding hydrogens is 266 g/mol. The van der Waals surface area contributed by atoms with Crippen molar-refractivity contribution >= 4 is 11.3 Å². The van der Waals surface area contributed by atoms with E-state index < -0.39 is 0 Å². The van der Waals surface area contributed by atoms with Gasteiger partial charge < -0.3 is 10.5 Å². The topological polar surface area (TPSA) is 35.2 Å². The number of thiophene rings is 1. The molecule has 0 amide bonds. The zero-order valence-electron chi connectivity index (χ0n) is 12.4. The summed E-state index contributed by atoms with van der Waals surface area (Å²) in [5.74, 6) is 1.38. The molecule has 1 aromatic carbocycles. The molecule has 2 nitrogen and oxygen atoms in total. The van der Waals surface area contributed by atoms with Crippen LogP contribution in [0.15, 0.2) is 41.1 Å². The fourth-order valence-corrected chi connectivity index (χ4v) is 2.94. The normalized spacial score (nSPS) is 14.2. The third-order valence-electron chi connectivity index (χ3n) is 3.53. The van der Waals surface area contributed by atoms with E-state index in [1.807, 2.05) is 12.1 Å². The Bertz CT molecular complexity index is 522. The van der Waals surface area contributed by atoms with E-state index in [4.69, 9.17) is 10.5 Å². The summed E-state index contributed by atoms with van der Waals surface area (Å²) < 4.78 is 6.29. The van der Waals surface area contributed by atoms with Crippen molar-refractivity contribution in [2.24, 2.45) is 5.73 Å². The van der Waals surface area contributed by atoms with Crippen LogP contribution in [0.25, 0.3) is 0 Å². The number of hydrogen-bond donors (Lipinski definition) is 1. The highest BCUT2D eigenvalue weighted by Gasteiger charge is 2.22. The SMILES string of the molecule is CCC(N)C(Oc1ccccc1C(C)C)c1ccsc1. The van der Waals surface area contributed by atoms with Crippen LogP contribution in [-0.2, 0) is 0 Å². The molecule has 1 aromatic heterocycles. The van der Waals surface area contributed by atoms with E-state index in [0.29, 0.717) is 5.92 Å². The Hall–Kier alpha value is -1.32. The van der Waals surface area contributed by atoms with Crippen molar-refractivity contribution in [3.63, 3.8) is 0 Å². The van der Waals surface area contributed by atoms with E-state index >= 15 is 0 Å². The Kier molecular flexibility index (Phi) is 5.21. The fraction of sp³-hybridized carbons (Fsp3) is 0.412. The summed E-state index contributed by atoms with van der Waals surface area (Å²) in [5.41, 5.74) is 8.66. The maximum Gasteiger partial charge on any atom is 0.140 e. The third kappa shape index (κ3) is 3.41. The first-order valence-corrected chi connectivity index (χ1v) is 8.11. The molecule has 0 fully saturated rings. The average Bonchev–Trinajstić information content (AvgIpc) is 2.98. The number of hydrogen-bond acceptors (Lipinski definition) is 3. The van der Waals surface area contributed by atoms with Gasteiger partial charge in [-0.05, 0) is 40.8 Å². The summed E-state index contributed by atoms with van der Waals surface area (Å²) >= 11 is 1.68. The molecule has 0 saturated carbocycles. The van der Waals surface area contributed by atoms with Crippen molar-refractivity contribution in [3.05, 3.63) is 52.2 Å². The molecule has 2 N–H and O–H groups in total. The highest BCUT2D eigenvalue weighted by atomic mass is 32.1. The minimum absolute atomic E-state index is 0.00446. The van der Waals surface area contributed by atoms with E-state index in [1.54, 1.807) is 11.3 Å². The molecule has 0 bridgehead atoms. The number of ether oxygens (including phenoxy) is 1. The molecule has 0 aliphatic carbocycles. The fourth-order valence-electron chi connectivity index (χ4n) is 2.26. The number of para-hydroxylation sites is 1. The van der Waals surface area contributed by atoms with Gasteiger partial charge in [-0.1, -0.05) is 39.0 Å². The predicted molar refractivity (Wildman–Crippen MR) is 86.5 cm³/mol. The first-order valence-electron chi connectivity index (χ1n) is 7.16. The second-order valence-electron chi connectivity index (χ2n) is 5.36. The highest BCUT2D eigenvalue weighted by molar-refractivity contribution is 7.07. The van der Waals surface area contributed by atoms with Crippen LogP contribution in [0.5, 0.6) is 5.75 Å². The smallest absolute Gasteiger partial charge is 0.140 e. The maximum atomic E-state index is 6.29. The second kappa shape index (κ2) is 6.91. The molecular formula is C17H23NOS. The van der Waals surface area contributed by atoms with Crippen molar-refractivity contribution in [2.45, 2.75) is 45.3 Å². The van der Waals surface area contributed by atoms with Crippen LogP contribution in [0.1, 0.15) is 50.3 Å². The number of benzene rings is 1. The monoisotopic (exact) mass is 289 g/mol. The molecule has 0 radical (unpaired) electrons. The summed E-state index contributed by atoms with van der Waals surface area (Å²) in [4.78, 5) is 0. The zero-order chi connectivity index (χ0) is 14.5. The molecule has 3 heteroatoms. The van der Waals surface area contributed by atoms with Crippen LogP contribution in [0.4, 0.5) is 0 Å². The first-order chi connectivity index (χ1) is 9.63. The first kappa shape index (κ1) is 15.1. The Labute approximate surface area is 125 Å². The highest BCUT2D eigenvalue weighted by Crippen LogP contribution is 2.32. The van der Waals surface area contributed by atoms with E-state index in [-0.39, 0.29) is 12.1 Å². The molecule has 1 heterocycles. The molecule has 2 atom stereocenters. The average molecular weight is 289 g/mol. The van der Waals surface area contributed by atoms with Gasteiger partial charge in [-0.15, -0.1) is 0 Å². The maximum absolute atomic E-state index is 6.29. The molecule has 2 rings (SSSR count). The Morgan fingerprint density at radius 3 is 2.55 bits per heavy atom. The van der Waals surface area contributed by atoms with Crippen molar-refractivity contribution in [1.29, 1.82) is 0 Å². The van der Waals surface area contributed by atoms with E-state index in [9.17, 15) is 0 Å². The van der Waals surface area contributed by atoms with Crippen molar-refractivity contribution < 1.29 is 4.74 Å². The predicted octanol–water partition coefficient (Wildman–Crippen LogP) is 4.73. The lowest BCUT2D eigenvalue weighted by atomic mass is 10.0. The third-order valence-corrected chi connectivity index (χ3v) is 4.23. The molecule has 0 saturated heterocycles. The molecule has 20 heavy (non-hydrogen) atoms. The van der Waals surface area contributed by atoms with Crippen molar-refractivity contribution in [3.8, 4) is 5.75 Å². The summed E-state index contributed by atoms with van der Waals surface area (Å²) in [6, 6.07) is 10.3. The lowest BCUT2D eigenvalue weighted by Crippen LogP contribution is -2.31. The van der Waals surface area contributed by atoms with Gasteiger partial charge >= 0.3 is 0 Å². The Balaban J connectivity index is 2.29. The summed E-state index contributed by atoms with van der Waals surface area (Å²) in [7, 11) is 0. The zero-order valence-corrected chi connectivity index (χ0v) is 13.2. The van der Waals surface area contributed by atoms with E-state index in [0.717, 1.165) is 12.2 Å². The van der Waals surface area contributed by atoms with E-state index in [2.05, 4.69) is 49.7 Å². The largest absolute Gasteiger partial charge is 0.484 e. The van der Waals surface area contributed by atoms with Crippen LogP contribution in [0.2, 0.25) is 0 Å². The Morgan fingerprint density at radius 1 is 1.20 bits per heavy atom. The van der Waals surface area contributed by atoms with Gasteiger partial charge in [0, 0.05) is 11.6 Å². The van der Waals surface area contributed by atoms with Gasteiger partial charge in [0.05, 0.1) is 0 Å². The summed E-state index contributed by atoms with van der Waals surface area (Å²) in [6.07, 6.45) is 0.816. The van der Waals surface area contributed by atoms with Gasteiger partial charge in [0.25, 0.3) is 0 Å². The summed E-state index contributed by atoms with van der Waals surface area (Å²) in [6.45, 7) is 6.46. The van der Waals surface area contributed by atoms with Crippen LogP contribution >= 0.6 is 11.3 Å². The van der Waals surface area contributed by atoms with Gasteiger partial charge in [-0.2, -0.15) is 11.3 Å². The summed E-state index contributed by atoms with van der Waals surface area (Å²) in [5, 5.41) is 4.20.